The number of rotatable bonds is 4. The van der Waals surface area contributed by atoms with Crippen LogP contribution in [-0.4, -0.2) is 17.6 Å². The summed E-state index contributed by atoms with van der Waals surface area (Å²) in [4.78, 5) is 24.1. The second-order valence-corrected chi connectivity index (χ2v) is 6.78. The van der Waals surface area contributed by atoms with E-state index in [-0.39, 0.29) is 11.7 Å². The highest BCUT2D eigenvalue weighted by Gasteiger charge is 2.44. The number of nitrogens with one attached hydrogen (secondary N) is 2. The van der Waals surface area contributed by atoms with Gasteiger partial charge in [-0.25, -0.2) is 0 Å². The number of nitriles is 2. The van der Waals surface area contributed by atoms with Gasteiger partial charge in [-0.2, -0.15) is 10.5 Å². The van der Waals surface area contributed by atoms with Crippen molar-refractivity contribution in [2.75, 3.05) is 11.1 Å². The SMILES string of the molecule is CC1(C)C(C#N)=C(SCC(=O)Nc2ccccc2)NC(=O)C1C#N. The van der Waals surface area contributed by atoms with E-state index in [1.54, 1.807) is 26.0 Å². The fourth-order valence-corrected chi connectivity index (χ4v) is 3.36. The van der Waals surface area contributed by atoms with E-state index in [1.165, 1.54) is 0 Å². The highest BCUT2D eigenvalue weighted by Crippen LogP contribution is 2.41. The summed E-state index contributed by atoms with van der Waals surface area (Å²) in [5.74, 6) is -1.59. The Labute approximate surface area is 144 Å². The molecule has 1 atom stereocenters. The maximum Gasteiger partial charge on any atom is 0.243 e. The number of carbonyl (C=O) groups excluding carboxylic acids is 2. The van der Waals surface area contributed by atoms with Crippen LogP contribution in [0.15, 0.2) is 40.9 Å². The first-order chi connectivity index (χ1) is 11.4. The van der Waals surface area contributed by atoms with Crippen LogP contribution >= 0.6 is 11.8 Å². The summed E-state index contributed by atoms with van der Waals surface area (Å²) in [6.07, 6.45) is 0. The Bertz CT molecular complexity index is 772. The molecular weight excluding hydrogens is 324 g/mol. The van der Waals surface area contributed by atoms with E-state index in [0.29, 0.717) is 16.3 Å². The highest BCUT2D eigenvalue weighted by molar-refractivity contribution is 8.03. The first-order valence-electron chi connectivity index (χ1n) is 7.23. The Morgan fingerprint density at radius 1 is 1.33 bits per heavy atom. The van der Waals surface area contributed by atoms with E-state index >= 15 is 0 Å². The van der Waals surface area contributed by atoms with Crippen molar-refractivity contribution >= 4 is 29.3 Å². The lowest BCUT2D eigenvalue weighted by Gasteiger charge is -2.34. The van der Waals surface area contributed by atoms with Crippen LogP contribution in [0.25, 0.3) is 0 Å². The van der Waals surface area contributed by atoms with Crippen molar-refractivity contribution in [2.45, 2.75) is 13.8 Å². The van der Waals surface area contributed by atoms with Crippen LogP contribution in [-0.2, 0) is 9.59 Å². The number of benzene rings is 1. The van der Waals surface area contributed by atoms with Crippen molar-refractivity contribution in [1.82, 2.24) is 5.32 Å². The number of thioether (sulfide) groups is 1. The third-order valence-electron chi connectivity index (χ3n) is 3.74. The van der Waals surface area contributed by atoms with Crippen molar-refractivity contribution in [3.63, 3.8) is 0 Å². The second-order valence-electron chi connectivity index (χ2n) is 5.79. The molecule has 1 aromatic carbocycles. The van der Waals surface area contributed by atoms with Gasteiger partial charge in [-0.1, -0.05) is 43.8 Å². The summed E-state index contributed by atoms with van der Waals surface area (Å²) in [5.41, 5.74) is 0.0886. The second kappa shape index (κ2) is 7.20. The fourth-order valence-electron chi connectivity index (χ4n) is 2.39. The van der Waals surface area contributed by atoms with Crippen LogP contribution in [0.4, 0.5) is 5.69 Å². The maximum absolute atomic E-state index is 12.1. The number of anilines is 1. The largest absolute Gasteiger partial charge is 0.325 e. The third-order valence-corrected chi connectivity index (χ3v) is 4.74. The monoisotopic (exact) mass is 340 g/mol. The number of nitrogens with zero attached hydrogens (tertiary/aromatic N) is 2. The molecule has 1 heterocycles. The van der Waals surface area contributed by atoms with Gasteiger partial charge in [-0.05, 0) is 12.1 Å². The molecule has 0 radical (unpaired) electrons. The molecule has 0 spiro atoms. The van der Waals surface area contributed by atoms with Gasteiger partial charge < -0.3 is 10.6 Å². The number of allylic oxidation sites excluding steroid dienone is 1. The molecule has 1 aromatic rings. The molecule has 2 amide bonds. The molecule has 0 fully saturated rings. The minimum absolute atomic E-state index is 0.0446. The molecule has 24 heavy (non-hydrogen) atoms. The first-order valence-corrected chi connectivity index (χ1v) is 8.21. The fraction of sp³-hybridized carbons (Fsp3) is 0.294. The molecule has 0 bridgehead atoms. The number of hydrogen-bond acceptors (Lipinski definition) is 5. The smallest absolute Gasteiger partial charge is 0.243 e. The van der Waals surface area contributed by atoms with Crippen LogP contribution in [0.3, 0.4) is 0 Å². The molecule has 2 N–H and O–H groups in total. The Morgan fingerprint density at radius 2 is 2.00 bits per heavy atom. The molecule has 6 nitrogen and oxygen atoms in total. The van der Waals surface area contributed by atoms with E-state index in [0.717, 1.165) is 11.8 Å². The van der Waals surface area contributed by atoms with Crippen molar-refractivity contribution < 1.29 is 9.59 Å². The summed E-state index contributed by atoms with van der Waals surface area (Å²) in [6.45, 7) is 3.37. The lowest BCUT2D eigenvalue weighted by molar-refractivity contribution is -0.125. The lowest BCUT2D eigenvalue weighted by atomic mass is 9.72. The third kappa shape index (κ3) is 3.58. The summed E-state index contributed by atoms with van der Waals surface area (Å²) in [7, 11) is 0. The Kier molecular flexibility index (Phi) is 5.28. The van der Waals surface area contributed by atoms with Gasteiger partial charge in [-0.15, -0.1) is 0 Å². The van der Waals surface area contributed by atoms with Crippen LogP contribution < -0.4 is 10.6 Å². The van der Waals surface area contributed by atoms with E-state index in [4.69, 9.17) is 5.26 Å². The molecular formula is C17H16N4O2S. The average Bonchev–Trinajstić information content (AvgIpc) is 2.53. The van der Waals surface area contributed by atoms with Gasteiger partial charge in [0.15, 0.2) is 0 Å². The van der Waals surface area contributed by atoms with E-state index in [9.17, 15) is 14.9 Å². The summed E-state index contributed by atoms with van der Waals surface area (Å²) in [5, 5.41) is 24.2. The molecule has 0 aromatic heterocycles. The predicted octanol–water partition coefficient (Wildman–Crippen LogP) is 2.39. The van der Waals surface area contributed by atoms with Crippen LogP contribution in [0.2, 0.25) is 0 Å². The predicted molar refractivity (Wildman–Crippen MR) is 91.2 cm³/mol. The summed E-state index contributed by atoms with van der Waals surface area (Å²) in [6, 6.07) is 13.0. The van der Waals surface area contributed by atoms with Crippen molar-refractivity contribution in [1.29, 1.82) is 10.5 Å². The van der Waals surface area contributed by atoms with Crippen LogP contribution in [0.5, 0.6) is 0 Å². The zero-order chi connectivity index (χ0) is 17.7. The minimum atomic E-state index is -0.936. The Morgan fingerprint density at radius 3 is 2.58 bits per heavy atom. The van der Waals surface area contributed by atoms with Gasteiger partial charge in [0.05, 0.1) is 28.5 Å². The molecule has 1 aliphatic rings. The van der Waals surface area contributed by atoms with E-state index in [1.807, 2.05) is 24.3 Å². The molecule has 1 unspecified atom stereocenters. The van der Waals surface area contributed by atoms with Gasteiger partial charge in [0.2, 0.25) is 11.8 Å². The number of hydrogen-bond donors (Lipinski definition) is 2. The van der Waals surface area contributed by atoms with Gasteiger partial charge in [-0.3, -0.25) is 9.59 Å². The van der Waals surface area contributed by atoms with Crippen molar-refractivity contribution in [3.05, 3.63) is 40.9 Å². The molecule has 0 saturated carbocycles. The topological polar surface area (TPSA) is 106 Å². The van der Waals surface area contributed by atoms with E-state index in [2.05, 4.69) is 16.7 Å². The van der Waals surface area contributed by atoms with Gasteiger partial charge in [0, 0.05) is 11.1 Å². The molecule has 0 saturated heterocycles. The quantitative estimate of drug-likeness (QED) is 0.875. The number of carbonyl (C=O) groups is 2. The van der Waals surface area contributed by atoms with Crippen molar-refractivity contribution in [3.8, 4) is 12.1 Å². The summed E-state index contributed by atoms with van der Waals surface area (Å²) < 4.78 is 0. The molecule has 0 aliphatic carbocycles. The van der Waals surface area contributed by atoms with E-state index < -0.39 is 17.2 Å². The number of amides is 2. The van der Waals surface area contributed by atoms with Gasteiger partial charge in [0.25, 0.3) is 0 Å². The zero-order valence-electron chi connectivity index (χ0n) is 13.3. The molecule has 2 rings (SSSR count). The maximum atomic E-state index is 12.1. The number of para-hydroxylation sites is 1. The normalized spacial score (nSPS) is 19.0. The standard InChI is InChI=1S/C17H16N4O2S/c1-17(2)12(8-18)15(23)21-16(13(17)9-19)24-10-14(22)20-11-6-4-3-5-7-11/h3-7,12H,10H2,1-2H3,(H,20,22)(H,21,23). The first kappa shape index (κ1) is 17.6. The molecule has 7 heteroatoms. The van der Waals surface area contributed by atoms with Crippen LogP contribution in [0, 0.1) is 34.0 Å². The Hall–Kier alpha value is -2.77. The lowest BCUT2D eigenvalue weighted by Crippen LogP contribution is -2.44. The van der Waals surface area contributed by atoms with Gasteiger partial charge in [0.1, 0.15) is 5.92 Å². The Balaban J connectivity index is 2.12. The summed E-state index contributed by atoms with van der Waals surface area (Å²) >= 11 is 1.08. The highest BCUT2D eigenvalue weighted by atomic mass is 32.2. The molecule has 1 aliphatic heterocycles. The zero-order valence-corrected chi connectivity index (χ0v) is 14.1. The van der Waals surface area contributed by atoms with Gasteiger partial charge >= 0.3 is 0 Å². The van der Waals surface area contributed by atoms with Crippen molar-refractivity contribution in [2.24, 2.45) is 11.3 Å². The molecule has 122 valence electrons. The van der Waals surface area contributed by atoms with Crippen LogP contribution in [0.1, 0.15) is 13.8 Å². The average molecular weight is 340 g/mol. The minimum Gasteiger partial charge on any atom is -0.325 e.